The van der Waals surface area contributed by atoms with Gasteiger partial charge in [-0.15, -0.1) is 0 Å². The van der Waals surface area contributed by atoms with Crippen molar-refractivity contribution in [3.8, 4) is 0 Å². The first-order chi connectivity index (χ1) is 9.45. The summed E-state index contributed by atoms with van der Waals surface area (Å²) in [7, 11) is 0. The minimum atomic E-state index is 0.865. The molecule has 0 heterocycles. The number of rotatable bonds is 8. The van der Waals surface area contributed by atoms with Gasteiger partial charge in [0.1, 0.15) is 0 Å². The normalized spacial score (nSPS) is 10.5. The Kier molecular flexibility index (Phi) is 6.18. The maximum absolute atomic E-state index is 5.68. The molecule has 0 radical (unpaired) electrons. The third-order valence-electron chi connectivity index (χ3n) is 3.19. The van der Waals surface area contributed by atoms with Crippen LogP contribution in [0.4, 0.5) is 0 Å². The molecule has 2 aromatic carbocycles. The molecule has 0 amide bonds. The molecule has 0 saturated heterocycles. The largest absolute Gasteiger partial charge is 0.381 e. The molecule has 1 nitrogen and oxygen atoms in total. The summed E-state index contributed by atoms with van der Waals surface area (Å²) < 4.78 is 5.68. The molecule has 0 saturated carbocycles. The zero-order valence-corrected chi connectivity index (χ0v) is 11.4. The Labute approximate surface area is 116 Å². The van der Waals surface area contributed by atoms with Crippen molar-refractivity contribution in [2.24, 2.45) is 0 Å². The van der Waals surface area contributed by atoms with Gasteiger partial charge in [-0.3, -0.25) is 0 Å². The van der Waals surface area contributed by atoms with Gasteiger partial charge in [0.15, 0.2) is 0 Å². The molecule has 2 rings (SSSR count). The molecule has 0 aliphatic heterocycles. The SMILES string of the molecule is c1ccc(CCCOCCCc2ccccc2)cc1. The van der Waals surface area contributed by atoms with Crippen LogP contribution in [0.2, 0.25) is 0 Å². The lowest BCUT2D eigenvalue weighted by Gasteiger charge is -2.05. The second-order valence-corrected chi connectivity index (χ2v) is 4.79. The summed E-state index contributed by atoms with van der Waals surface area (Å²) in [5.74, 6) is 0. The summed E-state index contributed by atoms with van der Waals surface area (Å²) in [6.07, 6.45) is 4.43. The predicted molar refractivity (Wildman–Crippen MR) is 80.3 cm³/mol. The third-order valence-corrected chi connectivity index (χ3v) is 3.19. The van der Waals surface area contributed by atoms with E-state index in [-0.39, 0.29) is 0 Å². The average Bonchev–Trinajstić information content (AvgIpc) is 2.48. The number of aryl methyl sites for hydroxylation is 2. The van der Waals surface area contributed by atoms with Gasteiger partial charge in [-0.1, -0.05) is 60.7 Å². The first-order valence-electron chi connectivity index (χ1n) is 7.11. The molecule has 19 heavy (non-hydrogen) atoms. The van der Waals surface area contributed by atoms with Gasteiger partial charge < -0.3 is 4.74 Å². The molecule has 0 fully saturated rings. The topological polar surface area (TPSA) is 9.23 Å². The van der Waals surface area contributed by atoms with E-state index in [0.717, 1.165) is 38.9 Å². The van der Waals surface area contributed by atoms with E-state index in [2.05, 4.69) is 60.7 Å². The van der Waals surface area contributed by atoms with Crippen LogP contribution in [-0.2, 0) is 17.6 Å². The lowest BCUT2D eigenvalue weighted by atomic mass is 10.1. The number of ether oxygens (including phenoxy) is 1. The molecular formula is C18H22O. The highest BCUT2D eigenvalue weighted by molar-refractivity contribution is 5.15. The Morgan fingerprint density at radius 1 is 0.579 bits per heavy atom. The van der Waals surface area contributed by atoms with Crippen molar-refractivity contribution in [1.29, 1.82) is 0 Å². The van der Waals surface area contributed by atoms with Gasteiger partial charge in [0.05, 0.1) is 0 Å². The third kappa shape index (κ3) is 5.71. The lowest BCUT2D eigenvalue weighted by molar-refractivity contribution is 0.130. The Morgan fingerprint density at radius 3 is 1.42 bits per heavy atom. The fourth-order valence-electron chi connectivity index (χ4n) is 2.15. The van der Waals surface area contributed by atoms with Gasteiger partial charge in [0.2, 0.25) is 0 Å². The summed E-state index contributed by atoms with van der Waals surface area (Å²) in [6.45, 7) is 1.73. The Morgan fingerprint density at radius 2 is 1.00 bits per heavy atom. The zero-order chi connectivity index (χ0) is 13.2. The van der Waals surface area contributed by atoms with Crippen molar-refractivity contribution >= 4 is 0 Å². The van der Waals surface area contributed by atoms with Crippen LogP contribution in [0.15, 0.2) is 60.7 Å². The van der Waals surface area contributed by atoms with Crippen molar-refractivity contribution < 1.29 is 4.74 Å². The van der Waals surface area contributed by atoms with E-state index < -0.39 is 0 Å². The molecule has 0 unspecified atom stereocenters. The molecule has 0 aromatic heterocycles. The molecule has 100 valence electrons. The standard InChI is InChI=1S/C18H22O/c1-3-9-17(10-4-1)13-7-15-19-16-8-14-18-11-5-2-6-12-18/h1-6,9-12H,7-8,13-16H2. The molecule has 0 bridgehead atoms. The summed E-state index contributed by atoms with van der Waals surface area (Å²) in [5, 5.41) is 0. The molecule has 0 aliphatic rings. The van der Waals surface area contributed by atoms with Crippen molar-refractivity contribution in [3.05, 3.63) is 71.8 Å². The minimum absolute atomic E-state index is 0.865. The van der Waals surface area contributed by atoms with Gasteiger partial charge in [0, 0.05) is 13.2 Å². The van der Waals surface area contributed by atoms with Crippen molar-refractivity contribution in [1.82, 2.24) is 0 Å². The zero-order valence-electron chi connectivity index (χ0n) is 11.4. The van der Waals surface area contributed by atoms with Crippen LogP contribution in [0.5, 0.6) is 0 Å². The summed E-state index contributed by atoms with van der Waals surface area (Å²) >= 11 is 0. The van der Waals surface area contributed by atoms with Crippen LogP contribution in [0.3, 0.4) is 0 Å². The second kappa shape index (κ2) is 8.49. The fourth-order valence-corrected chi connectivity index (χ4v) is 2.15. The molecule has 0 aliphatic carbocycles. The number of hydrogen-bond donors (Lipinski definition) is 0. The Hall–Kier alpha value is -1.60. The number of benzene rings is 2. The van der Waals surface area contributed by atoms with Crippen LogP contribution < -0.4 is 0 Å². The monoisotopic (exact) mass is 254 g/mol. The summed E-state index contributed by atoms with van der Waals surface area (Å²) in [4.78, 5) is 0. The van der Waals surface area contributed by atoms with Crippen LogP contribution in [0.1, 0.15) is 24.0 Å². The maximum atomic E-state index is 5.68. The van der Waals surface area contributed by atoms with Crippen LogP contribution in [0, 0.1) is 0 Å². The van der Waals surface area contributed by atoms with Crippen LogP contribution in [-0.4, -0.2) is 13.2 Å². The van der Waals surface area contributed by atoms with Gasteiger partial charge in [-0.2, -0.15) is 0 Å². The van der Waals surface area contributed by atoms with Gasteiger partial charge in [-0.05, 0) is 36.8 Å². The lowest BCUT2D eigenvalue weighted by Crippen LogP contribution is -2.00. The van der Waals surface area contributed by atoms with E-state index in [0.29, 0.717) is 0 Å². The predicted octanol–water partition coefficient (Wildman–Crippen LogP) is 4.27. The first-order valence-corrected chi connectivity index (χ1v) is 7.11. The second-order valence-electron chi connectivity index (χ2n) is 4.79. The quantitative estimate of drug-likeness (QED) is 0.639. The maximum Gasteiger partial charge on any atom is 0.0469 e. The summed E-state index contributed by atoms with van der Waals surface area (Å²) in [6, 6.07) is 21.2. The van der Waals surface area contributed by atoms with Crippen molar-refractivity contribution in [2.75, 3.05) is 13.2 Å². The van der Waals surface area contributed by atoms with Crippen LogP contribution in [0.25, 0.3) is 0 Å². The van der Waals surface area contributed by atoms with E-state index in [4.69, 9.17) is 4.74 Å². The van der Waals surface area contributed by atoms with Gasteiger partial charge >= 0.3 is 0 Å². The highest BCUT2D eigenvalue weighted by Crippen LogP contribution is 2.04. The van der Waals surface area contributed by atoms with E-state index >= 15 is 0 Å². The highest BCUT2D eigenvalue weighted by Gasteiger charge is 1.94. The molecule has 0 atom stereocenters. The van der Waals surface area contributed by atoms with Crippen molar-refractivity contribution in [3.63, 3.8) is 0 Å². The smallest absolute Gasteiger partial charge is 0.0469 e. The molecular weight excluding hydrogens is 232 g/mol. The minimum Gasteiger partial charge on any atom is -0.381 e. The first kappa shape index (κ1) is 13.8. The average molecular weight is 254 g/mol. The van der Waals surface area contributed by atoms with E-state index in [1.165, 1.54) is 11.1 Å². The number of hydrogen-bond acceptors (Lipinski definition) is 1. The molecule has 0 N–H and O–H groups in total. The molecule has 0 spiro atoms. The Balaban J connectivity index is 1.49. The molecule has 2 aromatic rings. The van der Waals surface area contributed by atoms with Gasteiger partial charge in [-0.25, -0.2) is 0 Å². The highest BCUT2D eigenvalue weighted by atomic mass is 16.5. The molecule has 1 heteroatoms. The van der Waals surface area contributed by atoms with Crippen LogP contribution >= 0.6 is 0 Å². The van der Waals surface area contributed by atoms with E-state index in [1.807, 2.05) is 0 Å². The Bertz CT molecular complexity index is 392. The summed E-state index contributed by atoms with van der Waals surface area (Å²) in [5.41, 5.74) is 2.80. The fraction of sp³-hybridized carbons (Fsp3) is 0.333. The van der Waals surface area contributed by atoms with E-state index in [9.17, 15) is 0 Å². The van der Waals surface area contributed by atoms with Gasteiger partial charge in [0.25, 0.3) is 0 Å². The van der Waals surface area contributed by atoms with E-state index in [1.54, 1.807) is 0 Å². The van der Waals surface area contributed by atoms with Crippen molar-refractivity contribution in [2.45, 2.75) is 25.7 Å².